The van der Waals surface area contributed by atoms with Crippen LogP contribution in [0.15, 0.2) is 0 Å². The molecule has 90 valence electrons. The number of nitrogens with one attached hydrogen (secondary N) is 2. The van der Waals surface area contributed by atoms with Gasteiger partial charge in [-0.05, 0) is 26.7 Å². The van der Waals surface area contributed by atoms with Crippen LogP contribution in [0, 0.1) is 0 Å². The standard InChI is InChI=1S/C10H20N6/c1-5-7(3)11-9-13-15-10(16-14-9)12-8(4)6-2/h7-8H,5-6H2,1-4H3,(H,11,13,14)(H,12,15,16)/t7-,8-/m0/s1. The largest absolute Gasteiger partial charge is 0.349 e. The predicted octanol–water partition coefficient (Wildman–Crippen LogP) is 1.69. The van der Waals surface area contributed by atoms with Crippen molar-refractivity contribution < 1.29 is 0 Å². The first-order valence-electron chi connectivity index (χ1n) is 5.76. The lowest BCUT2D eigenvalue weighted by molar-refractivity contribution is 0.716. The molecular formula is C10H20N6. The van der Waals surface area contributed by atoms with Crippen molar-refractivity contribution in [3.63, 3.8) is 0 Å². The molecule has 0 radical (unpaired) electrons. The number of hydrogen-bond acceptors (Lipinski definition) is 6. The molecule has 0 spiro atoms. The van der Waals surface area contributed by atoms with Crippen LogP contribution in [0.2, 0.25) is 0 Å². The fraction of sp³-hybridized carbons (Fsp3) is 0.800. The monoisotopic (exact) mass is 224 g/mol. The van der Waals surface area contributed by atoms with Crippen molar-refractivity contribution in [2.75, 3.05) is 10.6 Å². The number of aromatic nitrogens is 4. The van der Waals surface area contributed by atoms with Crippen LogP contribution in [-0.4, -0.2) is 32.5 Å². The van der Waals surface area contributed by atoms with E-state index < -0.39 is 0 Å². The molecule has 0 bridgehead atoms. The fourth-order valence-corrected chi connectivity index (χ4v) is 0.990. The summed E-state index contributed by atoms with van der Waals surface area (Å²) in [5.41, 5.74) is 0. The van der Waals surface area contributed by atoms with Crippen molar-refractivity contribution in [1.82, 2.24) is 20.4 Å². The quantitative estimate of drug-likeness (QED) is 0.765. The Bertz CT molecular complexity index is 268. The average Bonchev–Trinajstić information content (AvgIpc) is 2.31. The van der Waals surface area contributed by atoms with E-state index in [9.17, 15) is 0 Å². The van der Waals surface area contributed by atoms with E-state index in [4.69, 9.17) is 0 Å². The third kappa shape index (κ3) is 3.96. The number of anilines is 2. The Kier molecular flexibility index (Phi) is 4.88. The molecule has 0 amide bonds. The second kappa shape index (κ2) is 6.19. The Balaban J connectivity index is 2.54. The number of hydrogen-bond donors (Lipinski definition) is 2. The van der Waals surface area contributed by atoms with Gasteiger partial charge in [0.1, 0.15) is 0 Å². The number of rotatable bonds is 6. The molecule has 2 atom stereocenters. The molecule has 0 saturated heterocycles. The Hall–Kier alpha value is -1.46. The van der Waals surface area contributed by atoms with E-state index in [1.165, 1.54) is 0 Å². The lowest BCUT2D eigenvalue weighted by Gasteiger charge is -2.11. The van der Waals surface area contributed by atoms with Crippen molar-refractivity contribution in [3.8, 4) is 0 Å². The summed E-state index contributed by atoms with van der Waals surface area (Å²) in [5, 5.41) is 22.0. The highest BCUT2D eigenvalue weighted by Gasteiger charge is 2.05. The molecule has 0 saturated carbocycles. The topological polar surface area (TPSA) is 75.6 Å². The van der Waals surface area contributed by atoms with Gasteiger partial charge in [0.15, 0.2) is 0 Å². The molecule has 0 unspecified atom stereocenters. The van der Waals surface area contributed by atoms with Crippen LogP contribution in [0.3, 0.4) is 0 Å². The highest BCUT2D eigenvalue weighted by atomic mass is 15.4. The SMILES string of the molecule is CC[C@H](C)Nc1nnc(N[C@@H](C)CC)nn1. The lowest BCUT2D eigenvalue weighted by atomic mass is 10.3. The van der Waals surface area contributed by atoms with Gasteiger partial charge < -0.3 is 10.6 Å². The third-order valence-electron chi connectivity index (χ3n) is 2.45. The van der Waals surface area contributed by atoms with Crippen molar-refractivity contribution in [2.45, 2.75) is 52.6 Å². The maximum atomic E-state index is 3.96. The summed E-state index contributed by atoms with van der Waals surface area (Å²) in [6.45, 7) is 8.32. The smallest absolute Gasteiger partial charge is 0.262 e. The molecule has 0 fully saturated rings. The van der Waals surface area contributed by atoms with E-state index in [0.29, 0.717) is 24.0 Å². The first-order chi connectivity index (χ1) is 7.65. The summed E-state index contributed by atoms with van der Waals surface area (Å²) in [4.78, 5) is 0. The summed E-state index contributed by atoms with van der Waals surface area (Å²) < 4.78 is 0. The van der Waals surface area contributed by atoms with Crippen molar-refractivity contribution in [3.05, 3.63) is 0 Å². The molecule has 0 aliphatic heterocycles. The maximum absolute atomic E-state index is 3.96. The number of nitrogens with zero attached hydrogens (tertiary/aromatic N) is 4. The van der Waals surface area contributed by atoms with E-state index in [1.807, 2.05) is 0 Å². The van der Waals surface area contributed by atoms with Gasteiger partial charge in [-0.1, -0.05) is 13.8 Å². The molecule has 6 heteroatoms. The zero-order chi connectivity index (χ0) is 12.0. The van der Waals surface area contributed by atoms with Crippen LogP contribution in [0.25, 0.3) is 0 Å². The van der Waals surface area contributed by atoms with Gasteiger partial charge in [0.25, 0.3) is 11.9 Å². The van der Waals surface area contributed by atoms with Crippen LogP contribution in [0.5, 0.6) is 0 Å². The van der Waals surface area contributed by atoms with Crippen molar-refractivity contribution >= 4 is 11.9 Å². The molecule has 2 N–H and O–H groups in total. The molecule has 16 heavy (non-hydrogen) atoms. The summed E-state index contributed by atoms with van der Waals surface area (Å²) in [6, 6.07) is 0.661. The minimum atomic E-state index is 0.331. The van der Waals surface area contributed by atoms with Crippen LogP contribution < -0.4 is 10.6 Å². The zero-order valence-corrected chi connectivity index (χ0v) is 10.4. The minimum Gasteiger partial charge on any atom is -0.349 e. The van der Waals surface area contributed by atoms with Crippen LogP contribution in [0.4, 0.5) is 11.9 Å². The third-order valence-corrected chi connectivity index (χ3v) is 2.45. The molecule has 0 aliphatic rings. The van der Waals surface area contributed by atoms with E-state index in [0.717, 1.165) is 12.8 Å². The molecule has 6 nitrogen and oxygen atoms in total. The summed E-state index contributed by atoms with van der Waals surface area (Å²) in [5.74, 6) is 0.952. The summed E-state index contributed by atoms with van der Waals surface area (Å²) in [7, 11) is 0. The lowest BCUT2D eigenvalue weighted by Crippen LogP contribution is -2.20. The fourth-order valence-electron chi connectivity index (χ4n) is 0.990. The van der Waals surface area contributed by atoms with Crippen LogP contribution >= 0.6 is 0 Å². The van der Waals surface area contributed by atoms with Gasteiger partial charge in [0.2, 0.25) is 0 Å². The summed E-state index contributed by atoms with van der Waals surface area (Å²) >= 11 is 0. The van der Waals surface area contributed by atoms with Gasteiger partial charge in [0.05, 0.1) is 0 Å². The highest BCUT2D eigenvalue weighted by molar-refractivity contribution is 5.26. The van der Waals surface area contributed by atoms with Gasteiger partial charge in [0, 0.05) is 12.1 Å². The molecule has 1 heterocycles. The maximum Gasteiger partial charge on any atom is 0.262 e. The zero-order valence-electron chi connectivity index (χ0n) is 10.4. The Morgan fingerprint density at radius 3 is 1.38 bits per heavy atom. The Morgan fingerprint density at radius 2 is 1.12 bits per heavy atom. The molecule has 1 rings (SSSR count). The Morgan fingerprint density at radius 1 is 0.812 bits per heavy atom. The first kappa shape index (κ1) is 12.6. The first-order valence-corrected chi connectivity index (χ1v) is 5.76. The van der Waals surface area contributed by atoms with Crippen LogP contribution in [-0.2, 0) is 0 Å². The van der Waals surface area contributed by atoms with Crippen molar-refractivity contribution in [1.29, 1.82) is 0 Å². The average molecular weight is 224 g/mol. The molecule has 1 aromatic rings. The minimum absolute atomic E-state index is 0.331. The van der Waals surface area contributed by atoms with E-state index in [1.54, 1.807) is 0 Å². The normalized spacial score (nSPS) is 14.2. The summed E-state index contributed by atoms with van der Waals surface area (Å²) in [6.07, 6.45) is 2.02. The second-order valence-corrected chi connectivity index (χ2v) is 3.95. The van der Waals surface area contributed by atoms with Gasteiger partial charge in [-0.2, -0.15) is 0 Å². The molecule has 0 aliphatic carbocycles. The van der Waals surface area contributed by atoms with Gasteiger partial charge in [-0.3, -0.25) is 0 Å². The van der Waals surface area contributed by atoms with Crippen LogP contribution in [0.1, 0.15) is 40.5 Å². The van der Waals surface area contributed by atoms with Crippen molar-refractivity contribution in [2.24, 2.45) is 0 Å². The van der Waals surface area contributed by atoms with Gasteiger partial charge >= 0.3 is 0 Å². The van der Waals surface area contributed by atoms with Gasteiger partial charge in [-0.15, -0.1) is 20.4 Å². The van der Waals surface area contributed by atoms with E-state index in [2.05, 4.69) is 58.7 Å². The predicted molar refractivity (Wildman–Crippen MR) is 64.4 cm³/mol. The highest BCUT2D eigenvalue weighted by Crippen LogP contribution is 2.03. The second-order valence-electron chi connectivity index (χ2n) is 3.95. The van der Waals surface area contributed by atoms with E-state index >= 15 is 0 Å². The molecule has 0 aromatic carbocycles. The Labute approximate surface area is 96.3 Å². The van der Waals surface area contributed by atoms with Gasteiger partial charge in [-0.25, -0.2) is 0 Å². The van der Waals surface area contributed by atoms with E-state index in [-0.39, 0.29) is 0 Å². The molecule has 1 aromatic heterocycles. The molecular weight excluding hydrogens is 204 g/mol.